The number of hydrogen-bond acceptors (Lipinski definition) is 7. The maximum atomic E-state index is 14.4. The van der Waals surface area contributed by atoms with Gasteiger partial charge in [0.2, 0.25) is 17.7 Å². The van der Waals surface area contributed by atoms with Gasteiger partial charge >= 0.3 is 5.97 Å². The Hall–Kier alpha value is -4.95. The first-order valence-corrected chi connectivity index (χ1v) is 16.2. The highest BCUT2D eigenvalue weighted by molar-refractivity contribution is 5.93. The van der Waals surface area contributed by atoms with Gasteiger partial charge in [-0.15, -0.1) is 0 Å². The second kappa shape index (κ2) is 15.8. The van der Waals surface area contributed by atoms with Gasteiger partial charge in [0.1, 0.15) is 18.2 Å². The Kier molecular flexibility index (Phi) is 11.8. The van der Waals surface area contributed by atoms with Crippen LogP contribution >= 0.6 is 0 Å². The van der Waals surface area contributed by atoms with E-state index in [-0.39, 0.29) is 18.2 Å². The molecule has 11 nitrogen and oxygen atoms in total. The van der Waals surface area contributed by atoms with Crippen LogP contribution in [-0.2, 0) is 35.1 Å². The van der Waals surface area contributed by atoms with Gasteiger partial charge in [-0.1, -0.05) is 55.8 Å². The van der Waals surface area contributed by atoms with Crippen LogP contribution in [0.3, 0.4) is 0 Å². The number of H-pyrrole nitrogens is 1. The van der Waals surface area contributed by atoms with Crippen LogP contribution in [-0.4, -0.2) is 72.0 Å². The van der Waals surface area contributed by atoms with Crippen LogP contribution in [0.25, 0.3) is 10.9 Å². The molecular formula is C37H45N5O6. The van der Waals surface area contributed by atoms with Gasteiger partial charge < -0.3 is 30.0 Å². The van der Waals surface area contributed by atoms with Gasteiger partial charge in [0, 0.05) is 49.5 Å². The second-order valence-electron chi connectivity index (χ2n) is 12.8. The third-order valence-corrected chi connectivity index (χ3v) is 9.09. The molecule has 2 heterocycles. The highest BCUT2D eigenvalue weighted by Crippen LogP contribution is 2.26. The maximum Gasteiger partial charge on any atom is 0.338 e. The van der Waals surface area contributed by atoms with Crippen molar-refractivity contribution in [1.29, 1.82) is 5.26 Å². The zero-order valence-electron chi connectivity index (χ0n) is 28.6. The number of carbonyl (C=O) groups excluding carboxylic acids is 4. The molecule has 7 atom stereocenters. The van der Waals surface area contributed by atoms with E-state index in [9.17, 15) is 24.4 Å². The summed E-state index contributed by atoms with van der Waals surface area (Å²) >= 11 is 0. The van der Waals surface area contributed by atoms with Crippen LogP contribution < -0.4 is 10.6 Å². The molecule has 2 unspecified atom stereocenters. The average molecular weight is 656 g/mol. The number of amides is 3. The van der Waals surface area contributed by atoms with Gasteiger partial charge in [0.15, 0.2) is 6.10 Å². The molecule has 1 aliphatic heterocycles. The summed E-state index contributed by atoms with van der Waals surface area (Å²) in [6, 6.07) is 13.2. The number of rotatable bonds is 4. The first-order chi connectivity index (χ1) is 22.8. The number of aromatic amines is 1. The van der Waals surface area contributed by atoms with Gasteiger partial charge in [-0.25, -0.2) is 4.79 Å². The van der Waals surface area contributed by atoms with Crippen molar-refractivity contribution in [1.82, 2.24) is 20.5 Å². The van der Waals surface area contributed by atoms with Crippen molar-refractivity contribution < 1.29 is 28.7 Å². The molecule has 1 aliphatic rings. The van der Waals surface area contributed by atoms with Crippen LogP contribution in [0.4, 0.5) is 0 Å². The summed E-state index contributed by atoms with van der Waals surface area (Å²) in [7, 11) is 2.89. The van der Waals surface area contributed by atoms with Crippen LogP contribution in [0.1, 0.15) is 63.8 Å². The van der Waals surface area contributed by atoms with E-state index in [1.807, 2.05) is 44.2 Å². The Balaban J connectivity index is 1.81. The van der Waals surface area contributed by atoms with E-state index in [2.05, 4.69) is 21.7 Å². The molecule has 0 bridgehead atoms. The Morgan fingerprint density at radius 3 is 2.33 bits per heavy atom. The standard InChI is InChI=1S/C37H45N5O6/c1-21-16-22(2)25(5)48-37(46)33(47-7)32(27-14-12-26(19-38)13-15-27)41-35(44)31(18-28-20-39-30-11-9-8-10-29(28)30)42(6)36(45)24(4)40-34(43)23(3)17-21/h8-16,20,22-25,31-33,39H,17-18H2,1-7H3,(H,40,43)(H,41,44)/b21-16+/t22-,23+,24+,25-,31?,32+,33?/m1/s1. The van der Waals surface area contributed by atoms with Crippen molar-refractivity contribution in [3.63, 3.8) is 0 Å². The lowest BCUT2D eigenvalue weighted by Gasteiger charge is -2.33. The van der Waals surface area contributed by atoms with Crippen molar-refractivity contribution in [2.45, 2.75) is 77.8 Å². The molecule has 3 N–H and O–H groups in total. The summed E-state index contributed by atoms with van der Waals surface area (Å²) in [5.74, 6) is -2.60. The molecule has 3 aromatic rings. The number of benzene rings is 2. The van der Waals surface area contributed by atoms with E-state index in [0.717, 1.165) is 22.0 Å². The number of carbonyl (C=O) groups is 4. The summed E-state index contributed by atoms with van der Waals surface area (Å²) in [4.78, 5) is 59.7. The fourth-order valence-electron chi connectivity index (χ4n) is 6.09. The molecule has 48 heavy (non-hydrogen) atoms. The maximum absolute atomic E-state index is 14.4. The molecule has 0 aliphatic carbocycles. The zero-order chi connectivity index (χ0) is 35.1. The molecule has 0 saturated heterocycles. The number of nitrogens with one attached hydrogen (secondary N) is 3. The van der Waals surface area contributed by atoms with Crippen molar-refractivity contribution >= 4 is 34.6 Å². The number of aromatic nitrogens is 1. The number of methoxy groups -OCH3 is 1. The highest BCUT2D eigenvalue weighted by atomic mass is 16.6. The van der Waals surface area contributed by atoms with Crippen molar-refractivity contribution in [3.8, 4) is 6.07 Å². The summed E-state index contributed by atoms with van der Waals surface area (Å²) < 4.78 is 11.6. The van der Waals surface area contributed by atoms with Crippen LogP contribution in [0.15, 0.2) is 66.4 Å². The van der Waals surface area contributed by atoms with E-state index in [0.29, 0.717) is 17.5 Å². The van der Waals surface area contributed by atoms with E-state index < -0.39 is 54.0 Å². The van der Waals surface area contributed by atoms with Gasteiger partial charge in [0.25, 0.3) is 0 Å². The number of ether oxygens (including phenoxy) is 2. The molecule has 3 amide bonds. The van der Waals surface area contributed by atoms with E-state index >= 15 is 0 Å². The number of allylic oxidation sites excluding steroid dienone is 1. The van der Waals surface area contributed by atoms with Crippen LogP contribution in [0.5, 0.6) is 0 Å². The smallest absolute Gasteiger partial charge is 0.338 e. The van der Waals surface area contributed by atoms with E-state index in [1.54, 1.807) is 51.2 Å². The molecule has 0 radical (unpaired) electrons. The summed E-state index contributed by atoms with van der Waals surface area (Å²) in [6.07, 6.45) is 2.54. The van der Waals surface area contributed by atoms with Crippen LogP contribution in [0.2, 0.25) is 0 Å². The summed E-state index contributed by atoms with van der Waals surface area (Å²) in [5, 5.41) is 16.1. The molecule has 2 aromatic carbocycles. The first kappa shape index (κ1) is 35.9. The SMILES string of the molecule is COC1C(=O)O[C@H](C)[C@H](C)/C=C(\C)C[C@H](C)C(=O)N[C@@H](C)C(=O)N(C)C(Cc2c[nH]c3ccccc23)C(=O)N[C@H]1c1ccc(C#N)cc1. The monoisotopic (exact) mass is 655 g/mol. The van der Waals surface area contributed by atoms with Gasteiger partial charge in [-0.3, -0.25) is 14.4 Å². The predicted octanol–water partition coefficient (Wildman–Crippen LogP) is 4.34. The lowest BCUT2D eigenvalue weighted by atomic mass is 9.95. The van der Waals surface area contributed by atoms with Crippen LogP contribution in [0, 0.1) is 23.2 Å². The number of esters is 1. The van der Waals surface area contributed by atoms with E-state index in [1.165, 1.54) is 19.1 Å². The van der Waals surface area contributed by atoms with Gasteiger partial charge in [0.05, 0.1) is 17.7 Å². The average Bonchev–Trinajstić information content (AvgIpc) is 3.48. The molecule has 11 heteroatoms. The highest BCUT2D eigenvalue weighted by Gasteiger charge is 2.38. The second-order valence-corrected chi connectivity index (χ2v) is 12.8. The van der Waals surface area contributed by atoms with Crippen molar-refractivity contribution in [3.05, 3.63) is 83.1 Å². The number of hydrogen-bond donors (Lipinski definition) is 3. The number of para-hydroxylation sites is 1. The fraction of sp³-hybridized carbons (Fsp3) is 0.432. The minimum Gasteiger partial charge on any atom is -0.460 e. The van der Waals surface area contributed by atoms with Crippen molar-refractivity contribution in [2.75, 3.05) is 14.2 Å². The number of likely N-dealkylation sites (N-methyl/N-ethyl adjacent to an activating group) is 1. The lowest BCUT2D eigenvalue weighted by Crippen LogP contribution is -2.56. The third-order valence-electron chi connectivity index (χ3n) is 9.09. The Labute approximate surface area is 281 Å². The Morgan fingerprint density at radius 1 is 0.979 bits per heavy atom. The number of nitrogens with zero attached hydrogens (tertiary/aromatic N) is 2. The first-order valence-electron chi connectivity index (χ1n) is 16.2. The largest absolute Gasteiger partial charge is 0.460 e. The minimum atomic E-state index is -1.26. The van der Waals surface area contributed by atoms with Gasteiger partial charge in [-0.2, -0.15) is 5.26 Å². The zero-order valence-corrected chi connectivity index (χ0v) is 28.6. The van der Waals surface area contributed by atoms with Crippen molar-refractivity contribution in [2.24, 2.45) is 11.8 Å². The molecule has 0 saturated carbocycles. The fourth-order valence-corrected chi connectivity index (χ4v) is 6.09. The topological polar surface area (TPSA) is 154 Å². The summed E-state index contributed by atoms with van der Waals surface area (Å²) in [6.45, 7) is 9.00. The Bertz CT molecular complexity index is 1710. The molecule has 4 rings (SSSR count). The summed E-state index contributed by atoms with van der Waals surface area (Å²) in [5.41, 5.74) is 3.53. The van der Waals surface area contributed by atoms with E-state index in [4.69, 9.17) is 9.47 Å². The number of cyclic esters (lactones) is 1. The normalized spacial score (nSPS) is 27.9. The predicted molar refractivity (Wildman–Crippen MR) is 181 cm³/mol. The number of fused-ring (bicyclic) bond motifs is 1. The third kappa shape index (κ3) is 8.30. The van der Waals surface area contributed by atoms with Gasteiger partial charge in [-0.05, 0) is 56.5 Å². The minimum absolute atomic E-state index is 0.135. The lowest BCUT2D eigenvalue weighted by molar-refractivity contribution is -0.164. The molecule has 0 spiro atoms. The molecule has 254 valence electrons. The quantitative estimate of drug-likeness (QED) is 0.279. The Morgan fingerprint density at radius 2 is 1.67 bits per heavy atom. The number of nitriles is 1. The molecular weight excluding hydrogens is 610 g/mol. The molecule has 0 fully saturated rings. The molecule has 1 aromatic heterocycles.